The highest BCUT2D eigenvalue weighted by Crippen LogP contribution is 2.34. The van der Waals surface area contributed by atoms with Crippen molar-refractivity contribution in [2.75, 3.05) is 23.4 Å². The lowest BCUT2D eigenvalue weighted by atomic mass is 10.1. The van der Waals surface area contributed by atoms with Gasteiger partial charge in [-0.15, -0.1) is 0 Å². The Hall–Kier alpha value is -3.92. The molecule has 0 bridgehead atoms. The Balaban J connectivity index is 1.52. The molecule has 1 aliphatic rings. The molecule has 1 unspecified atom stereocenters. The molecule has 1 fully saturated rings. The molecule has 0 radical (unpaired) electrons. The Morgan fingerprint density at radius 3 is 2.42 bits per heavy atom. The highest BCUT2D eigenvalue weighted by molar-refractivity contribution is 7.80. The molecule has 3 aromatic rings. The molecule has 3 aromatic carbocycles. The average molecular weight is 570 g/mol. The first-order valence-electron chi connectivity index (χ1n) is 13.1. The summed E-state index contributed by atoms with van der Waals surface area (Å²) in [7, 11) is 0. The summed E-state index contributed by atoms with van der Waals surface area (Å²) in [5.74, 6) is -0.276. The third-order valence-corrected chi connectivity index (χ3v) is 6.86. The van der Waals surface area contributed by atoms with E-state index in [0.29, 0.717) is 37.4 Å². The van der Waals surface area contributed by atoms with E-state index < -0.39 is 29.6 Å². The predicted octanol–water partition coefficient (Wildman–Crippen LogP) is 6.46. The summed E-state index contributed by atoms with van der Waals surface area (Å²) in [6.45, 7) is 2.94. The molecule has 1 N–H and O–H groups in total. The quantitative estimate of drug-likeness (QED) is 0.269. The number of nitrogens with zero attached hydrogens (tertiary/aromatic N) is 2. The minimum Gasteiger partial charge on any atom is -0.494 e. The van der Waals surface area contributed by atoms with Crippen molar-refractivity contribution in [2.24, 2.45) is 0 Å². The van der Waals surface area contributed by atoms with Crippen molar-refractivity contribution >= 4 is 40.5 Å². The van der Waals surface area contributed by atoms with Crippen LogP contribution in [0.1, 0.15) is 37.3 Å². The van der Waals surface area contributed by atoms with E-state index in [-0.39, 0.29) is 17.2 Å². The number of aryl methyl sites for hydroxylation is 1. The fraction of sp³-hybridized carbons (Fsp3) is 0.300. The lowest BCUT2D eigenvalue weighted by Gasteiger charge is -2.24. The second-order valence-electron chi connectivity index (χ2n) is 9.43. The second kappa shape index (κ2) is 13.0. The Labute approximate surface area is 236 Å². The van der Waals surface area contributed by atoms with Gasteiger partial charge in [-0.05, 0) is 79.5 Å². The second-order valence-corrected chi connectivity index (χ2v) is 9.79. The molecule has 0 aliphatic carbocycles. The van der Waals surface area contributed by atoms with E-state index in [1.807, 2.05) is 37.3 Å². The molecule has 0 aromatic heterocycles. The Morgan fingerprint density at radius 2 is 1.75 bits per heavy atom. The normalized spacial score (nSPS) is 15.4. The van der Waals surface area contributed by atoms with E-state index in [1.54, 1.807) is 29.2 Å². The molecule has 1 atom stereocenters. The first-order valence-corrected chi connectivity index (χ1v) is 13.5. The van der Waals surface area contributed by atoms with Crippen molar-refractivity contribution in [3.63, 3.8) is 0 Å². The number of benzene rings is 3. The molecule has 210 valence electrons. The number of hydrogen-bond acceptors (Lipinski definition) is 4. The van der Waals surface area contributed by atoms with Gasteiger partial charge < -0.3 is 15.0 Å². The SMILES string of the molecule is CCCOc1ccc(NC(=O)CC2C(=O)N(c3cccc(C(F)(F)F)c3)C(=S)N2CCCc2ccccc2)cc1. The molecule has 40 heavy (non-hydrogen) atoms. The smallest absolute Gasteiger partial charge is 0.416 e. The molecular formula is C30H30F3N3O3S. The van der Waals surface area contributed by atoms with Gasteiger partial charge in [0, 0.05) is 12.2 Å². The number of alkyl halides is 3. The van der Waals surface area contributed by atoms with Crippen molar-refractivity contribution in [1.29, 1.82) is 0 Å². The van der Waals surface area contributed by atoms with Crippen LogP contribution in [0.25, 0.3) is 0 Å². The summed E-state index contributed by atoms with van der Waals surface area (Å²) in [4.78, 5) is 29.3. The average Bonchev–Trinajstić information content (AvgIpc) is 3.16. The number of nitrogens with one attached hydrogen (secondary N) is 1. The van der Waals surface area contributed by atoms with Crippen LogP contribution in [-0.2, 0) is 22.2 Å². The zero-order valence-electron chi connectivity index (χ0n) is 22.0. The fourth-order valence-electron chi connectivity index (χ4n) is 4.49. The van der Waals surface area contributed by atoms with Crippen molar-refractivity contribution < 1.29 is 27.5 Å². The number of thiocarbonyl (C=S) groups is 1. The summed E-state index contributed by atoms with van der Waals surface area (Å²) in [6.07, 6.45) is -2.58. The number of hydrogen-bond donors (Lipinski definition) is 1. The van der Waals surface area contributed by atoms with Crippen LogP contribution in [0, 0.1) is 0 Å². The third-order valence-electron chi connectivity index (χ3n) is 6.45. The maximum atomic E-state index is 13.6. The van der Waals surface area contributed by atoms with Gasteiger partial charge in [-0.3, -0.25) is 14.5 Å². The van der Waals surface area contributed by atoms with Crippen molar-refractivity contribution in [1.82, 2.24) is 4.90 Å². The number of amides is 2. The van der Waals surface area contributed by atoms with Crippen LogP contribution in [0.4, 0.5) is 24.5 Å². The van der Waals surface area contributed by atoms with Crippen molar-refractivity contribution in [3.8, 4) is 5.75 Å². The van der Waals surface area contributed by atoms with Gasteiger partial charge in [0.2, 0.25) is 5.91 Å². The topological polar surface area (TPSA) is 61.9 Å². The Bertz CT molecular complexity index is 1330. The molecular weight excluding hydrogens is 539 g/mol. The largest absolute Gasteiger partial charge is 0.494 e. The highest BCUT2D eigenvalue weighted by atomic mass is 32.1. The summed E-state index contributed by atoms with van der Waals surface area (Å²) in [6, 6.07) is 20.2. The third kappa shape index (κ3) is 7.18. The monoisotopic (exact) mass is 569 g/mol. The number of anilines is 2. The zero-order valence-corrected chi connectivity index (χ0v) is 22.8. The minimum atomic E-state index is -4.58. The zero-order chi connectivity index (χ0) is 28.7. The molecule has 1 aliphatic heterocycles. The van der Waals surface area contributed by atoms with E-state index in [0.717, 1.165) is 29.0 Å². The van der Waals surface area contributed by atoms with Crippen LogP contribution >= 0.6 is 12.2 Å². The molecule has 0 spiro atoms. The summed E-state index contributed by atoms with van der Waals surface area (Å²) in [5, 5.41) is 2.87. The summed E-state index contributed by atoms with van der Waals surface area (Å²) in [5.41, 5.74) is 0.772. The van der Waals surface area contributed by atoms with Crippen LogP contribution in [0.15, 0.2) is 78.9 Å². The van der Waals surface area contributed by atoms with Crippen molar-refractivity contribution in [3.05, 3.63) is 90.0 Å². The Morgan fingerprint density at radius 1 is 1.02 bits per heavy atom. The van der Waals surface area contributed by atoms with Gasteiger partial charge in [0.1, 0.15) is 11.8 Å². The first kappa shape index (κ1) is 29.1. The lowest BCUT2D eigenvalue weighted by Crippen LogP contribution is -2.38. The van der Waals surface area contributed by atoms with Gasteiger partial charge in [0.25, 0.3) is 5.91 Å². The van der Waals surface area contributed by atoms with Crippen LogP contribution < -0.4 is 15.0 Å². The number of carbonyl (C=O) groups excluding carboxylic acids is 2. The summed E-state index contributed by atoms with van der Waals surface area (Å²) >= 11 is 5.60. The number of rotatable bonds is 11. The van der Waals surface area contributed by atoms with Crippen LogP contribution in [-0.4, -0.2) is 41.0 Å². The van der Waals surface area contributed by atoms with Crippen LogP contribution in [0.3, 0.4) is 0 Å². The molecule has 1 heterocycles. The van der Waals surface area contributed by atoms with Gasteiger partial charge in [0.15, 0.2) is 5.11 Å². The Kier molecular flexibility index (Phi) is 9.42. The number of carbonyl (C=O) groups is 2. The predicted molar refractivity (Wildman–Crippen MR) is 152 cm³/mol. The van der Waals surface area contributed by atoms with Gasteiger partial charge in [-0.1, -0.05) is 43.3 Å². The maximum Gasteiger partial charge on any atom is 0.416 e. The van der Waals surface area contributed by atoms with Gasteiger partial charge in [-0.25, -0.2) is 0 Å². The fourth-order valence-corrected chi connectivity index (χ4v) is 4.90. The van der Waals surface area contributed by atoms with Gasteiger partial charge in [0.05, 0.1) is 24.3 Å². The van der Waals surface area contributed by atoms with E-state index in [2.05, 4.69) is 5.32 Å². The van der Waals surface area contributed by atoms with Gasteiger partial charge >= 0.3 is 6.18 Å². The molecule has 1 saturated heterocycles. The van der Waals surface area contributed by atoms with E-state index in [1.165, 1.54) is 12.1 Å². The molecule has 10 heteroatoms. The van der Waals surface area contributed by atoms with Crippen LogP contribution in [0.5, 0.6) is 5.75 Å². The highest BCUT2D eigenvalue weighted by Gasteiger charge is 2.44. The maximum absolute atomic E-state index is 13.6. The van der Waals surface area contributed by atoms with E-state index in [4.69, 9.17) is 17.0 Å². The van der Waals surface area contributed by atoms with E-state index in [9.17, 15) is 22.8 Å². The minimum absolute atomic E-state index is 0.0171. The van der Waals surface area contributed by atoms with Gasteiger partial charge in [-0.2, -0.15) is 13.2 Å². The molecule has 6 nitrogen and oxygen atoms in total. The standard InChI is InChI=1S/C30H30F3N3O3S/c1-2-18-39-25-15-13-23(14-16-25)34-27(37)20-26-28(38)36(24-12-6-11-22(19-24)30(31,32)33)29(40)35(26)17-7-10-21-8-4-3-5-9-21/h3-6,8-9,11-16,19,26H,2,7,10,17-18,20H2,1H3,(H,34,37). The lowest BCUT2D eigenvalue weighted by molar-refractivity contribution is -0.137. The number of ether oxygens (including phenoxy) is 1. The molecule has 2 amide bonds. The van der Waals surface area contributed by atoms with Crippen LogP contribution in [0.2, 0.25) is 0 Å². The van der Waals surface area contributed by atoms with Crippen molar-refractivity contribution in [2.45, 2.75) is 44.8 Å². The first-order chi connectivity index (χ1) is 19.2. The van der Waals surface area contributed by atoms with E-state index >= 15 is 0 Å². The molecule has 4 rings (SSSR count). The molecule has 0 saturated carbocycles. The summed E-state index contributed by atoms with van der Waals surface area (Å²) < 4.78 is 45.7. The number of halogens is 3.